The number of H-pyrrole nitrogens is 1. The highest BCUT2D eigenvalue weighted by atomic mass is 35.5. The lowest BCUT2D eigenvalue weighted by molar-refractivity contribution is 0.187. The van der Waals surface area contributed by atoms with Gasteiger partial charge in [-0.15, -0.1) is 0 Å². The summed E-state index contributed by atoms with van der Waals surface area (Å²) in [6.45, 7) is 0.983. The van der Waals surface area contributed by atoms with E-state index in [0.29, 0.717) is 18.2 Å². The quantitative estimate of drug-likeness (QED) is 0.865. The molecule has 2 rings (SSSR count). The molecule has 0 radical (unpaired) electrons. The van der Waals surface area contributed by atoms with Gasteiger partial charge in [-0.25, -0.2) is 4.79 Å². The average Bonchev–Trinajstić information content (AvgIpc) is 2.53. The van der Waals surface area contributed by atoms with Gasteiger partial charge in [-0.2, -0.15) is 0 Å². The van der Waals surface area contributed by atoms with E-state index >= 15 is 0 Å². The lowest BCUT2D eigenvalue weighted by atomic mass is 10.3. The van der Waals surface area contributed by atoms with Crippen LogP contribution in [0.15, 0.2) is 23.0 Å². The number of aromatic amines is 1. The summed E-state index contributed by atoms with van der Waals surface area (Å²) in [5.41, 5.74) is 1.33. The van der Waals surface area contributed by atoms with Crippen molar-refractivity contribution < 1.29 is 4.74 Å². The zero-order valence-electron chi connectivity index (χ0n) is 8.29. The molecule has 1 aromatic carbocycles. The van der Waals surface area contributed by atoms with Gasteiger partial charge < -0.3 is 9.72 Å². The molecule has 0 saturated carbocycles. The Hall–Kier alpha value is -1.26. The number of hydrogen-bond donors (Lipinski definition) is 1. The number of ether oxygens (including phenoxy) is 1. The molecule has 1 heterocycles. The second-order valence-electron chi connectivity index (χ2n) is 3.21. The number of para-hydroxylation sites is 1. The van der Waals surface area contributed by atoms with Crippen LogP contribution in [0.25, 0.3) is 11.0 Å². The fourth-order valence-electron chi connectivity index (χ4n) is 1.57. The summed E-state index contributed by atoms with van der Waals surface area (Å²) in [4.78, 5) is 14.3. The first-order valence-corrected chi connectivity index (χ1v) is 4.98. The molecule has 0 atom stereocenters. The van der Waals surface area contributed by atoms with Crippen LogP contribution >= 0.6 is 11.6 Å². The standard InChI is InChI=1S/C10H11ClN2O2/c1-15-6-5-13-9-7(11)3-2-4-8(9)12-10(13)14/h2-4H,5-6H2,1H3,(H,12,14). The van der Waals surface area contributed by atoms with Crippen molar-refractivity contribution in [1.29, 1.82) is 0 Å². The third-order valence-corrected chi connectivity index (χ3v) is 2.57. The van der Waals surface area contributed by atoms with Gasteiger partial charge in [0, 0.05) is 7.11 Å². The summed E-state index contributed by atoms with van der Waals surface area (Å²) in [7, 11) is 1.60. The highest BCUT2D eigenvalue weighted by Crippen LogP contribution is 2.20. The second-order valence-corrected chi connectivity index (χ2v) is 3.62. The number of hydrogen-bond acceptors (Lipinski definition) is 2. The zero-order chi connectivity index (χ0) is 10.8. The lowest BCUT2D eigenvalue weighted by Crippen LogP contribution is -2.19. The van der Waals surface area contributed by atoms with Crippen LogP contribution < -0.4 is 5.69 Å². The SMILES string of the molecule is COCCn1c(=O)[nH]c2cccc(Cl)c21. The van der Waals surface area contributed by atoms with Crippen LogP contribution in [0, 0.1) is 0 Å². The smallest absolute Gasteiger partial charge is 0.326 e. The number of methoxy groups -OCH3 is 1. The van der Waals surface area contributed by atoms with E-state index in [1.807, 2.05) is 6.07 Å². The van der Waals surface area contributed by atoms with Gasteiger partial charge in [0.15, 0.2) is 0 Å². The molecule has 2 aromatic rings. The van der Waals surface area contributed by atoms with Crippen LogP contribution in [0.2, 0.25) is 5.02 Å². The number of rotatable bonds is 3. The van der Waals surface area contributed by atoms with Crippen molar-refractivity contribution in [3.63, 3.8) is 0 Å². The predicted molar refractivity (Wildman–Crippen MR) is 59.4 cm³/mol. The molecule has 0 amide bonds. The Kier molecular flexibility index (Phi) is 2.79. The fraction of sp³-hybridized carbons (Fsp3) is 0.300. The van der Waals surface area contributed by atoms with E-state index in [2.05, 4.69) is 4.98 Å². The summed E-state index contributed by atoms with van der Waals surface area (Å²) < 4.78 is 6.53. The van der Waals surface area contributed by atoms with Crippen molar-refractivity contribution >= 4 is 22.6 Å². The molecule has 0 bridgehead atoms. The number of nitrogens with zero attached hydrogens (tertiary/aromatic N) is 1. The Labute approximate surface area is 91.4 Å². The fourth-order valence-corrected chi connectivity index (χ4v) is 1.85. The van der Waals surface area contributed by atoms with Crippen LogP contribution in [0.5, 0.6) is 0 Å². The molecule has 0 fully saturated rings. The van der Waals surface area contributed by atoms with Crippen molar-refractivity contribution in [3.05, 3.63) is 33.7 Å². The summed E-state index contributed by atoms with van der Waals surface area (Å²) in [6.07, 6.45) is 0. The normalized spacial score (nSPS) is 11.1. The lowest BCUT2D eigenvalue weighted by Gasteiger charge is -2.02. The molecule has 1 aromatic heterocycles. The van der Waals surface area contributed by atoms with Gasteiger partial charge in [-0.3, -0.25) is 4.57 Å². The van der Waals surface area contributed by atoms with E-state index in [0.717, 1.165) is 11.0 Å². The van der Waals surface area contributed by atoms with Gasteiger partial charge in [0.2, 0.25) is 0 Å². The Morgan fingerprint density at radius 2 is 2.33 bits per heavy atom. The Bertz CT molecular complexity index is 530. The predicted octanol–water partition coefficient (Wildman–Crippen LogP) is 1.63. The molecule has 0 aliphatic heterocycles. The summed E-state index contributed by atoms with van der Waals surface area (Å²) >= 11 is 6.03. The summed E-state index contributed by atoms with van der Waals surface area (Å²) in [6, 6.07) is 5.40. The van der Waals surface area contributed by atoms with Crippen molar-refractivity contribution in [2.75, 3.05) is 13.7 Å². The molecule has 5 heteroatoms. The van der Waals surface area contributed by atoms with Gasteiger partial charge in [0.1, 0.15) is 0 Å². The van der Waals surface area contributed by atoms with E-state index in [1.165, 1.54) is 0 Å². The van der Waals surface area contributed by atoms with Gasteiger partial charge in [-0.1, -0.05) is 17.7 Å². The molecular weight excluding hydrogens is 216 g/mol. The van der Waals surface area contributed by atoms with Gasteiger partial charge in [0.25, 0.3) is 0 Å². The number of fused-ring (bicyclic) bond motifs is 1. The molecule has 0 aliphatic rings. The Morgan fingerprint density at radius 1 is 1.53 bits per heavy atom. The third-order valence-electron chi connectivity index (χ3n) is 2.26. The monoisotopic (exact) mass is 226 g/mol. The van der Waals surface area contributed by atoms with E-state index in [9.17, 15) is 4.79 Å². The second kappa shape index (κ2) is 4.08. The minimum Gasteiger partial charge on any atom is -0.383 e. The maximum absolute atomic E-state index is 11.6. The molecule has 0 unspecified atom stereocenters. The van der Waals surface area contributed by atoms with Gasteiger partial charge >= 0.3 is 5.69 Å². The Morgan fingerprint density at radius 3 is 3.07 bits per heavy atom. The number of halogens is 1. The number of aromatic nitrogens is 2. The van der Waals surface area contributed by atoms with Crippen LogP contribution in [0.1, 0.15) is 0 Å². The number of nitrogens with one attached hydrogen (secondary N) is 1. The van der Waals surface area contributed by atoms with Crippen LogP contribution in [-0.4, -0.2) is 23.3 Å². The molecule has 1 N–H and O–H groups in total. The van der Waals surface area contributed by atoms with E-state index < -0.39 is 0 Å². The largest absolute Gasteiger partial charge is 0.383 e. The highest BCUT2D eigenvalue weighted by molar-refractivity contribution is 6.34. The number of benzene rings is 1. The molecule has 15 heavy (non-hydrogen) atoms. The molecule has 0 saturated heterocycles. The molecule has 80 valence electrons. The van der Waals surface area contributed by atoms with Crippen molar-refractivity contribution in [1.82, 2.24) is 9.55 Å². The van der Waals surface area contributed by atoms with E-state index in [-0.39, 0.29) is 5.69 Å². The zero-order valence-corrected chi connectivity index (χ0v) is 9.04. The maximum atomic E-state index is 11.6. The average molecular weight is 227 g/mol. The molecular formula is C10H11ClN2O2. The van der Waals surface area contributed by atoms with Crippen LogP contribution in [-0.2, 0) is 11.3 Å². The van der Waals surface area contributed by atoms with Crippen molar-refractivity contribution in [3.8, 4) is 0 Å². The topological polar surface area (TPSA) is 47.0 Å². The Balaban J connectivity index is 2.61. The van der Waals surface area contributed by atoms with E-state index in [1.54, 1.807) is 23.8 Å². The summed E-state index contributed by atoms with van der Waals surface area (Å²) in [5, 5.41) is 0.571. The molecule has 0 spiro atoms. The minimum atomic E-state index is -0.157. The number of imidazole rings is 1. The maximum Gasteiger partial charge on any atom is 0.326 e. The van der Waals surface area contributed by atoms with Gasteiger partial charge in [-0.05, 0) is 12.1 Å². The first-order chi connectivity index (χ1) is 7.24. The minimum absolute atomic E-state index is 0.157. The summed E-state index contributed by atoms with van der Waals surface area (Å²) in [5.74, 6) is 0. The van der Waals surface area contributed by atoms with Crippen LogP contribution in [0.4, 0.5) is 0 Å². The highest BCUT2D eigenvalue weighted by Gasteiger charge is 2.08. The van der Waals surface area contributed by atoms with E-state index in [4.69, 9.17) is 16.3 Å². The first-order valence-electron chi connectivity index (χ1n) is 4.60. The van der Waals surface area contributed by atoms with Crippen molar-refractivity contribution in [2.45, 2.75) is 6.54 Å². The molecule has 4 nitrogen and oxygen atoms in total. The molecule has 0 aliphatic carbocycles. The van der Waals surface area contributed by atoms with Gasteiger partial charge in [0.05, 0.1) is 29.2 Å². The van der Waals surface area contributed by atoms with Crippen molar-refractivity contribution in [2.24, 2.45) is 0 Å². The first kappa shape index (κ1) is 10.3. The van der Waals surface area contributed by atoms with Crippen LogP contribution in [0.3, 0.4) is 0 Å². The third kappa shape index (κ3) is 1.78.